The van der Waals surface area contributed by atoms with Crippen molar-refractivity contribution in [2.75, 3.05) is 13.7 Å². The third kappa shape index (κ3) is 6.27. The predicted molar refractivity (Wildman–Crippen MR) is 113 cm³/mol. The van der Waals surface area contributed by atoms with Gasteiger partial charge in [0.05, 0.1) is 7.11 Å². The van der Waals surface area contributed by atoms with Gasteiger partial charge in [-0.2, -0.15) is 0 Å². The first-order valence-electron chi connectivity index (χ1n) is 9.24. The van der Waals surface area contributed by atoms with Crippen molar-refractivity contribution in [3.05, 3.63) is 93.5 Å². The van der Waals surface area contributed by atoms with Crippen molar-refractivity contribution in [2.24, 2.45) is 0 Å². The zero-order valence-corrected chi connectivity index (χ0v) is 17.6. The lowest BCUT2D eigenvalue weighted by Crippen LogP contribution is -2.17. The zero-order valence-electron chi connectivity index (χ0n) is 16.1. The topological polar surface area (TPSA) is 30.5 Å². The molecule has 3 aromatic carbocycles. The third-order valence-electron chi connectivity index (χ3n) is 4.46. The molecule has 3 rings (SSSR count). The van der Waals surface area contributed by atoms with Crippen LogP contribution in [0.15, 0.2) is 65.1 Å². The average Bonchev–Trinajstić information content (AvgIpc) is 2.73. The van der Waals surface area contributed by atoms with E-state index in [1.807, 2.05) is 12.1 Å². The highest BCUT2D eigenvalue weighted by Gasteiger charge is 2.11. The molecule has 29 heavy (non-hydrogen) atoms. The van der Waals surface area contributed by atoms with Gasteiger partial charge in [0, 0.05) is 11.0 Å². The largest absolute Gasteiger partial charge is 0.493 e. The second-order valence-electron chi connectivity index (χ2n) is 6.56. The van der Waals surface area contributed by atoms with E-state index in [9.17, 15) is 8.78 Å². The molecule has 6 heteroatoms. The van der Waals surface area contributed by atoms with Crippen LogP contribution in [-0.2, 0) is 19.6 Å². The first kappa shape index (κ1) is 21.3. The van der Waals surface area contributed by atoms with Crippen LogP contribution in [0.1, 0.15) is 16.7 Å². The van der Waals surface area contributed by atoms with Gasteiger partial charge in [0.25, 0.3) is 0 Å². The summed E-state index contributed by atoms with van der Waals surface area (Å²) in [5, 5.41) is 3.38. The number of halogens is 3. The monoisotopic (exact) mass is 461 g/mol. The summed E-state index contributed by atoms with van der Waals surface area (Å²) in [6, 6.07) is 16.5. The van der Waals surface area contributed by atoms with Crippen LogP contribution in [-0.4, -0.2) is 13.7 Å². The molecule has 152 valence electrons. The number of hydrogen-bond acceptors (Lipinski definition) is 3. The molecule has 0 heterocycles. The smallest absolute Gasteiger partial charge is 0.162 e. The molecule has 3 aromatic rings. The minimum Gasteiger partial charge on any atom is -0.493 e. The molecule has 0 aliphatic rings. The Bertz CT molecular complexity index is 931. The highest BCUT2D eigenvalue weighted by atomic mass is 79.9. The first-order chi connectivity index (χ1) is 14.0. The van der Waals surface area contributed by atoms with Gasteiger partial charge in [-0.05, 0) is 66.1 Å². The number of hydrogen-bond donors (Lipinski definition) is 1. The SMILES string of the molecule is COc1cc(CNCCc2ccc(F)cc2)c(Br)cc1OCc1ccc(F)cc1. The Morgan fingerprint density at radius 3 is 2.10 bits per heavy atom. The maximum Gasteiger partial charge on any atom is 0.162 e. The molecule has 0 fully saturated rings. The van der Waals surface area contributed by atoms with Crippen molar-refractivity contribution in [3.8, 4) is 11.5 Å². The van der Waals surface area contributed by atoms with Gasteiger partial charge in [0.15, 0.2) is 11.5 Å². The first-order valence-corrected chi connectivity index (χ1v) is 10.0. The summed E-state index contributed by atoms with van der Waals surface area (Å²) in [4.78, 5) is 0. The summed E-state index contributed by atoms with van der Waals surface area (Å²) in [6.07, 6.45) is 0.813. The molecule has 0 saturated carbocycles. The molecular formula is C23H22BrF2NO2. The highest BCUT2D eigenvalue weighted by Crippen LogP contribution is 2.34. The predicted octanol–water partition coefficient (Wildman–Crippen LogP) is 5.65. The Kier molecular flexibility index (Phi) is 7.61. The third-order valence-corrected chi connectivity index (χ3v) is 5.20. The van der Waals surface area contributed by atoms with E-state index in [2.05, 4.69) is 21.2 Å². The fourth-order valence-corrected chi connectivity index (χ4v) is 3.30. The van der Waals surface area contributed by atoms with Crippen molar-refractivity contribution >= 4 is 15.9 Å². The molecule has 0 spiro atoms. The second-order valence-corrected chi connectivity index (χ2v) is 7.42. The molecule has 3 nitrogen and oxygen atoms in total. The fraction of sp³-hybridized carbons (Fsp3) is 0.217. The van der Waals surface area contributed by atoms with Crippen LogP contribution >= 0.6 is 15.9 Å². The molecule has 1 N–H and O–H groups in total. The van der Waals surface area contributed by atoms with E-state index in [1.54, 1.807) is 31.4 Å². The van der Waals surface area contributed by atoms with E-state index in [1.165, 1.54) is 24.3 Å². The summed E-state index contributed by atoms with van der Waals surface area (Å²) in [5.74, 6) is 0.745. The number of methoxy groups -OCH3 is 1. The van der Waals surface area contributed by atoms with E-state index in [0.717, 1.165) is 34.1 Å². The van der Waals surface area contributed by atoms with Crippen LogP contribution < -0.4 is 14.8 Å². The van der Waals surface area contributed by atoms with Crippen molar-refractivity contribution in [3.63, 3.8) is 0 Å². The quantitative estimate of drug-likeness (QED) is 0.417. The normalized spacial score (nSPS) is 10.8. The average molecular weight is 462 g/mol. The standard InChI is InChI=1S/C23H22BrF2NO2/c1-28-22-12-18(14-27-11-10-16-2-6-19(25)7-3-16)21(24)13-23(22)29-15-17-4-8-20(26)9-5-17/h2-9,12-13,27H,10-11,14-15H2,1H3. The molecule has 0 radical (unpaired) electrons. The zero-order chi connectivity index (χ0) is 20.6. The Labute approximate surface area is 177 Å². The van der Waals surface area contributed by atoms with E-state index in [0.29, 0.717) is 24.7 Å². The van der Waals surface area contributed by atoms with Gasteiger partial charge in [-0.1, -0.05) is 40.2 Å². The number of nitrogens with one attached hydrogen (secondary N) is 1. The molecule has 0 aliphatic carbocycles. The summed E-state index contributed by atoms with van der Waals surface area (Å²) in [7, 11) is 1.60. The second kappa shape index (κ2) is 10.4. The van der Waals surface area contributed by atoms with Gasteiger partial charge in [-0.3, -0.25) is 0 Å². The van der Waals surface area contributed by atoms with Gasteiger partial charge in [0.2, 0.25) is 0 Å². The summed E-state index contributed by atoms with van der Waals surface area (Å²) < 4.78 is 38.2. The van der Waals surface area contributed by atoms with Crippen LogP contribution in [0.5, 0.6) is 11.5 Å². The lowest BCUT2D eigenvalue weighted by Gasteiger charge is -2.14. The molecule has 0 unspecified atom stereocenters. The summed E-state index contributed by atoms with van der Waals surface area (Å²) in [6.45, 7) is 1.73. The van der Waals surface area contributed by atoms with E-state index in [-0.39, 0.29) is 11.6 Å². The van der Waals surface area contributed by atoms with Crippen LogP contribution in [0.2, 0.25) is 0 Å². The van der Waals surface area contributed by atoms with Crippen LogP contribution in [0, 0.1) is 11.6 Å². The Hall–Kier alpha value is -2.44. The van der Waals surface area contributed by atoms with Gasteiger partial charge in [0.1, 0.15) is 18.2 Å². The maximum absolute atomic E-state index is 13.0. The van der Waals surface area contributed by atoms with E-state index in [4.69, 9.17) is 9.47 Å². The van der Waals surface area contributed by atoms with Crippen molar-refractivity contribution < 1.29 is 18.3 Å². The Morgan fingerprint density at radius 1 is 0.862 bits per heavy atom. The minimum absolute atomic E-state index is 0.223. The van der Waals surface area contributed by atoms with Gasteiger partial charge >= 0.3 is 0 Å². The molecule has 0 bridgehead atoms. The summed E-state index contributed by atoms with van der Waals surface area (Å²) in [5.41, 5.74) is 2.99. The molecule has 0 aliphatic heterocycles. The van der Waals surface area contributed by atoms with Crippen molar-refractivity contribution in [1.82, 2.24) is 5.32 Å². The van der Waals surface area contributed by atoms with Crippen molar-refractivity contribution in [1.29, 1.82) is 0 Å². The summed E-state index contributed by atoms with van der Waals surface area (Å²) >= 11 is 3.58. The van der Waals surface area contributed by atoms with Crippen LogP contribution in [0.3, 0.4) is 0 Å². The minimum atomic E-state index is -0.273. The molecule has 0 atom stereocenters. The van der Waals surface area contributed by atoms with Crippen LogP contribution in [0.4, 0.5) is 8.78 Å². The maximum atomic E-state index is 13.0. The fourth-order valence-electron chi connectivity index (χ4n) is 2.83. The van der Waals surface area contributed by atoms with Crippen molar-refractivity contribution in [2.45, 2.75) is 19.6 Å². The highest BCUT2D eigenvalue weighted by molar-refractivity contribution is 9.10. The lowest BCUT2D eigenvalue weighted by molar-refractivity contribution is 0.284. The Balaban J connectivity index is 1.57. The molecule has 0 aromatic heterocycles. The van der Waals surface area contributed by atoms with Gasteiger partial charge in [-0.15, -0.1) is 0 Å². The number of benzene rings is 3. The van der Waals surface area contributed by atoms with Crippen LogP contribution in [0.25, 0.3) is 0 Å². The lowest BCUT2D eigenvalue weighted by atomic mass is 10.1. The van der Waals surface area contributed by atoms with Gasteiger partial charge < -0.3 is 14.8 Å². The van der Waals surface area contributed by atoms with E-state index >= 15 is 0 Å². The molecular weight excluding hydrogens is 440 g/mol. The number of ether oxygens (including phenoxy) is 2. The molecule has 0 amide bonds. The number of rotatable bonds is 9. The Morgan fingerprint density at radius 2 is 1.48 bits per heavy atom. The van der Waals surface area contributed by atoms with Gasteiger partial charge in [-0.25, -0.2) is 8.78 Å². The van der Waals surface area contributed by atoms with E-state index < -0.39 is 0 Å². The molecule has 0 saturated heterocycles.